The Bertz CT molecular complexity index is 465. The molecule has 96 valence electrons. The number of hydrogen-bond donors (Lipinski definition) is 1. The summed E-state index contributed by atoms with van der Waals surface area (Å²) in [5, 5.41) is 3.17. The number of hydrogen-bond acceptors (Lipinski definition) is 3. The van der Waals surface area contributed by atoms with Crippen LogP contribution in [0.2, 0.25) is 0 Å². The predicted molar refractivity (Wildman–Crippen MR) is 69.4 cm³/mol. The summed E-state index contributed by atoms with van der Waals surface area (Å²) < 4.78 is 25.2. The van der Waals surface area contributed by atoms with E-state index in [4.69, 9.17) is 0 Å². The van der Waals surface area contributed by atoms with Crippen molar-refractivity contribution < 1.29 is 8.42 Å². The van der Waals surface area contributed by atoms with Crippen LogP contribution in [0.25, 0.3) is 0 Å². The highest BCUT2D eigenvalue weighted by molar-refractivity contribution is 7.89. The van der Waals surface area contributed by atoms with Gasteiger partial charge in [0.2, 0.25) is 10.0 Å². The van der Waals surface area contributed by atoms with Crippen molar-refractivity contribution in [2.45, 2.75) is 24.3 Å². The minimum absolute atomic E-state index is 0.187. The molecule has 0 saturated carbocycles. The number of nitrogens with zero attached hydrogens (tertiary/aromatic N) is 1. The maximum atomic E-state index is 12.0. The lowest BCUT2D eigenvalue weighted by atomic mass is 10.1. The molecule has 1 unspecified atom stereocenters. The molecule has 1 atom stereocenters. The van der Waals surface area contributed by atoms with E-state index in [2.05, 4.69) is 12.2 Å². The Morgan fingerprint density at radius 1 is 1.35 bits per heavy atom. The van der Waals surface area contributed by atoms with Crippen molar-refractivity contribution in [3.05, 3.63) is 29.8 Å². The molecule has 0 amide bonds. The molecule has 0 aliphatic carbocycles. The highest BCUT2D eigenvalue weighted by Crippen LogP contribution is 2.21. The molecular formula is C12H20N2O2S. The fourth-order valence-corrected chi connectivity index (χ4v) is 2.67. The topological polar surface area (TPSA) is 49.4 Å². The molecule has 0 heterocycles. The summed E-state index contributed by atoms with van der Waals surface area (Å²) >= 11 is 0. The summed E-state index contributed by atoms with van der Waals surface area (Å²) in [5.74, 6) is 0. The Kier molecular flexibility index (Phi) is 4.68. The van der Waals surface area contributed by atoms with E-state index < -0.39 is 10.0 Å². The molecule has 5 heteroatoms. The molecule has 0 fully saturated rings. The van der Waals surface area contributed by atoms with Crippen LogP contribution in [-0.4, -0.2) is 33.9 Å². The Labute approximate surface area is 104 Å². The molecule has 0 saturated heterocycles. The third-order valence-electron chi connectivity index (χ3n) is 2.80. The van der Waals surface area contributed by atoms with Crippen molar-refractivity contribution >= 4 is 10.0 Å². The van der Waals surface area contributed by atoms with Gasteiger partial charge in [-0.2, -0.15) is 0 Å². The SMILES string of the molecule is CCC(NC)c1cccc(S(=O)(=O)N(C)C)c1. The third-order valence-corrected chi connectivity index (χ3v) is 4.61. The zero-order valence-corrected chi connectivity index (χ0v) is 11.6. The third kappa shape index (κ3) is 3.06. The molecule has 1 rings (SSSR count). The van der Waals surface area contributed by atoms with Crippen LogP contribution in [0.3, 0.4) is 0 Å². The standard InChI is InChI=1S/C12H20N2O2S/c1-5-12(13-2)10-7-6-8-11(9-10)17(15,16)14(3)4/h6-9,12-13H,5H2,1-4H3. The molecule has 1 N–H and O–H groups in total. The molecule has 4 nitrogen and oxygen atoms in total. The van der Waals surface area contributed by atoms with Crippen LogP contribution in [0.1, 0.15) is 24.9 Å². The molecular weight excluding hydrogens is 236 g/mol. The fourth-order valence-electron chi connectivity index (χ4n) is 1.71. The Balaban J connectivity index is 3.18. The number of sulfonamides is 1. The molecule has 17 heavy (non-hydrogen) atoms. The van der Waals surface area contributed by atoms with Crippen LogP contribution in [0, 0.1) is 0 Å². The van der Waals surface area contributed by atoms with E-state index in [0.29, 0.717) is 4.90 Å². The van der Waals surface area contributed by atoms with Crippen molar-refractivity contribution in [2.24, 2.45) is 0 Å². The largest absolute Gasteiger partial charge is 0.313 e. The van der Waals surface area contributed by atoms with E-state index in [1.165, 1.54) is 18.4 Å². The monoisotopic (exact) mass is 256 g/mol. The van der Waals surface area contributed by atoms with Crippen molar-refractivity contribution in [1.82, 2.24) is 9.62 Å². The second kappa shape index (κ2) is 5.62. The van der Waals surface area contributed by atoms with Gasteiger partial charge in [-0.1, -0.05) is 19.1 Å². The first-order valence-electron chi connectivity index (χ1n) is 5.63. The first kappa shape index (κ1) is 14.2. The Hall–Kier alpha value is -0.910. The van der Waals surface area contributed by atoms with Gasteiger partial charge in [-0.3, -0.25) is 0 Å². The number of nitrogens with one attached hydrogen (secondary N) is 1. The van der Waals surface area contributed by atoms with Gasteiger partial charge >= 0.3 is 0 Å². The summed E-state index contributed by atoms with van der Waals surface area (Å²) in [7, 11) is 1.61. The van der Waals surface area contributed by atoms with Crippen molar-refractivity contribution in [2.75, 3.05) is 21.1 Å². The van der Waals surface area contributed by atoms with Gasteiger partial charge in [0.15, 0.2) is 0 Å². The lowest BCUT2D eigenvalue weighted by Gasteiger charge is -2.17. The summed E-state index contributed by atoms with van der Waals surface area (Å²) in [6.45, 7) is 2.06. The average Bonchev–Trinajstić information content (AvgIpc) is 2.31. The van der Waals surface area contributed by atoms with Gasteiger partial charge in [0.1, 0.15) is 0 Å². The molecule has 1 aromatic rings. The molecule has 0 aliphatic rings. The molecule has 0 aromatic heterocycles. The highest BCUT2D eigenvalue weighted by Gasteiger charge is 2.18. The van der Waals surface area contributed by atoms with E-state index in [1.807, 2.05) is 13.1 Å². The summed E-state index contributed by atoms with van der Waals surface area (Å²) in [4.78, 5) is 0.341. The summed E-state index contributed by atoms with van der Waals surface area (Å²) in [6.07, 6.45) is 0.919. The van der Waals surface area contributed by atoms with Gasteiger partial charge < -0.3 is 5.32 Å². The van der Waals surface area contributed by atoms with Gasteiger partial charge in [-0.25, -0.2) is 12.7 Å². The van der Waals surface area contributed by atoms with E-state index in [0.717, 1.165) is 12.0 Å². The van der Waals surface area contributed by atoms with E-state index in [-0.39, 0.29) is 6.04 Å². The first-order chi connectivity index (χ1) is 7.93. The van der Waals surface area contributed by atoms with Crippen LogP contribution in [0.5, 0.6) is 0 Å². The lowest BCUT2D eigenvalue weighted by molar-refractivity contribution is 0.519. The van der Waals surface area contributed by atoms with Gasteiger partial charge in [0.05, 0.1) is 4.90 Å². The average molecular weight is 256 g/mol. The lowest BCUT2D eigenvalue weighted by Crippen LogP contribution is -2.23. The minimum Gasteiger partial charge on any atom is -0.313 e. The summed E-state index contributed by atoms with van der Waals surface area (Å²) in [5.41, 5.74) is 0.998. The Morgan fingerprint density at radius 2 is 2.00 bits per heavy atom. The van der Waals surface area contributed by atoms with Crippen LogP contribution >= 0.6 is 0 Å². The van der Waals surface area contributed by atoms with Crippen molar-refractivity contribution in [3.63, 3.8) is 0 Å². The zero-order valence-electron chi connectivity index (χ0n) is 10.8. The molecule has 0 spiro atoms. The maximum Gasteiger partial charge on any atom is 0.242 e. The second-order valence-electron chi connectivity index (χ2n) is 4.11. The number of benzene rings is 1. The number of rotatable bonds is 5. The molecule has 0 aliphatic heterocycles. The van der Waals surface area contributed by atoms with Crippen LogP contribution < -0.4 is 5.32 Å². The van der Waals surface area contributed by atoms with E-state index in [9.17, 15) is 8.42 Å². The van der Waals surface area contributed by atoms with Gasteiger partial charge in [0, 0.05) is 20.1 Å². The smallest absolute Gasteiger partial charge is 0.242 e. The van der Waals surface area contributed by atoms with Gasteiger partial charge in [-0.05, 0) is 31.2 Å². The van der Waals surface area contributed by atoms with E-state index in [1.54, 1.807) is 18.2 Å². The second-order valence-corrected chi connectivity index (χ2v) is 6.26. The van der Waals surface area contributed by atoms with Gasteiger partial charge in [-0.15, -0.1) is 0 Å². The van der Waals surface area contributed by atoms with Crippen LogP contribution in [0.15, 0.2) is 29.2 Å². The predicted octanol–water partition coefficient (Wildman–Crippen LogP) is 1.61. The van der Waals surface area contributed by atoms with Crippen LogP contribution in [-0.2, 0) is 10.0 Å². The quantitative estimate of drug-likeness (QED) is 0.870. The normalized spacial score (nSPS) is 13.9. The van der Waals surface area contributed by atoms with Crippen molar-refractivity contribution in [3.8, 4) is 0 Å². The van der Waals surface area contributed by atoms with E-state index >= 15 is 0 Å². The van der Waals surface area contributed by atoms with Crippen molar-refractivity contribution in [1.29, 1.82) is 0 Å². The highest BCUT2D eigenvalue weighted by atomic mass is 32.2. The van der Waals surface area contributed by atoms with Gasteiger partial charge in [0.25, 0.3) is 0 Å². The molecule has 0 radical (unpaired) electrons. The maximum absolute atomic E-state index is 12.0. The Morgan fingerprint density at radius 3 is 2.47 bits per heavy atom. The van der Waals surface area contributed by atoms with Crippen LogP contribution in [0.4, 0.5) is 0 Å². The molecule has 1 aromatic carbocycles. The zero-order chi connectivity index (χ0) is 13.1. The minimum atomic E-state index is -3.34. The molecule has 0 bridgehead atoms. The fraction of sp³-hybridized carbons (Fsp3) is 0.500. The first-order valence-corrected chi connectivity index (χ1v) is 7.07. The summed E-state index contributed by atoms with van der Waals surface area (Å²) in [6, 6.07) is 7.28.